The Morgan fingerprint density at radius 3 is 1.33 bits per heavy atom. The van der Waals surface area contributed by atoms with E-state index in [0.29, 0.717) is 0 Å². The number of benzene rings is 2. The number of hydrogen-bond donors (Lipinski definition) is 0. The van der Waals surface area contributed by atoms with Crippen molar-refractivity contribution in [3.8, 4) is 0 Å². The van der Waals surface area contributed by atoms with E-state index in [0.717, 1.165) is 11.1 Å². The van der Waals surface area contributed by atoms with Crippen molar-refractivity contribution in [2.24, 2.45) is 0 Å². The number of nitro benzene ring substituents is 2. The molecule has 0 fully saturated rings. The minimum atomic E-state index is -0.463. The molecular formula is C18H20N2O7. The number of nitro groups is 2. The molecule has 27 heavy (non-hydrogen) atoms. The highest BCUT2D eigenvalue weighted by atomic mass is 16.6. The molecule has 144 valence electrons. The fourth-order valence-corrected chi connectivity index (χ4v) is 2.50. The monoisotopic (exact) mass is 376 g/mol. The van der Waals surface area contributed by atoms with Gasteiger partial charge in [0.2, 0.25) is 0 Å². The average molecular weight is 376 g/mol. The summed E-state index contributed by atoms with van der Waals surface area (Å²) >= 11 is 0. The molecule has 2 aromatic rings. The molecule has 0 aromatic heterocycles. The number of hydrogen-bond acceptors (Lipinski definition) is 7. The third kappa shape index (κ3) is 5.55. The molecule has 9 heteroatoms. The molecule has 2 rings (SSSR count). The highest BCUT2D eigenvalue weighted by Crippen LogP contribution is 2.23. The van der Waals surface area contributed by atoms with Gasteiger partial charge in [-0.1, -0.05) is 0 Å². The van der Waals surface area contributed by atoms with Crippen LogP contribution in [-0.4, -0.2) is 37.3 Å². The first kappa shape index (κ1) is 20.4. The molecule has 0 aliphatic heterocycles. The van der Waals surface area contributed by atoms with Crippen molar-refractivity contribution in [2.75, 3.05) is 27.4 Å². The number of nitrogens with zero attached hydrogens (tertiary/aromatic N) is 2. The summed E-state index contributed by atoms with van der Waals surface area (Å²) < 4.78 is 16.5. The number of non-ortho nitro benzene ring substituents is 2. The van der Waals surface area contributed by atoms with Gasteiger partial charge in [-0.2, -0.15) is 0 Å². The Morgan fingerprint density at radius 1 is 0.741 bits per heavy atom. The predicted molar refractivity (Wildman–Crippen MR) is 96.5 cm³/mol. The Morgan fingerprint density at radius 2 is 1.07 bits per heavy atom. The summed E-state index contributed by atoms with van der Waals surface area (Å²) in [5.74, 6) is 0. The van der Waals surface area contributed by atoms with Gasteiger partial charge in [0.05, 0.1) is 23.1 Å². The van der Waals surface area contributed by atoms with Crippen LogP contribution in [0.1, 0.15) is 23.3 Å². The highest BCUT2D eigenvalue weighted by molar-refractivity contribution is 5.34. The summed E-state index contributed by atoms with van der Waals surface area (Å²) in [7, 11) is 3.05. The Bertz CT molecular complexity index is 697. The molecule has 0 unspecified atom stereocenters. The second-order valence-electron chi connectivity index (χ2n) is 5.68. The zero-order chi connectivity index (χ0) is 19.8. The van der Waals surface area contributed by atoms with Gasteiger partial charge < -0.3 is 14.2 Å². The van der Waals surface area contributed by atoms with Crippen LogP contribution in [0.5, 0.6) is 0 Å². The molecule has 0 amide bonds. The van der Waals surface area contributed by atoms with E-state index in [1.807, 2.05) is 0 Å². The van der Waals surface area contributed by atoms with Crippen LogP contribution in [0, 0.1) is 20.2 Å². The maximum Gasteiger partial charge on any atom is 0.269 e. The summed E-state index contributed by atoms with van der Waals surface area (Å²) in [5.41, 5.74) is 1.53. The molecule has 0 saturated heterocycles. The minimum Gasteiger partial charge on any atom is -0.375 e. The van der Waals surface area contributed by atoms with Crippen LogP contribution in [0.4, 0.5) is 11.4 Å². The summed E-state index contributed by atoms with van der Waals surface area (Å²) in [6, 6.07) is 12.2. The van der Waals surface area contributed by atoms with E-state index in [1.165, 1.54) is 38.5 Å². The van der Waals surface area contributed by atoms with Gasteiger partial charge in [0, 0.05) is 38.5 Å². The van der Waals surface area contributed by atoms with E-state index in [9.17, 15) is 20.2 Å². The van der Waals surface area contributed by atoms with Crippen molar-refractivity contribution in [2.45, 2.75) is 12.2 Å². The van der Waals surface area contributed by atoms with Crippen molar-refractivity contribution < 1.29 is 24.1 Å². The fourth-order valence-electron chi connectivity index (χ4n) is 2.50. The lowest BCUT2D eigenvalue weighted by Crippen LogP contribution is -2.15. The van der Waals surface area contributed by atoms with Crippen LogP contribution in [-0.2, 0) is 14.2 Å². The zero-order valence-electron chi connectivity index (χ0n) is 14.9. The minimum absolute atomic E-state index is 0.00661. The number of rotatable bonds is 10. The van der Waals surface area contributed by atoms with Gasteiger partial charge in [0.25, 0.3) is 11.4 Å². The quantitative estimate of drug-likeness (QED) is 0.460. The van der Waals surface area contributed by atoms with Crippen LogP contribution >= 0.6 is 0 Å². The lowest BCUT2D eigenvalue weighted by atomic mass is 10.1. The Labute approximate surface area is 155 Å². The van der Waals surface area contributed by atoms with Crippen LogP contribution < -0.4 is 0 Å². The van der Waals surface area contributed by atoms with E-state index < -0.39 is 9.85 Å². The van der Waals surface area contributed by atoms with Gasteiger partial charge in [-0.15, -0.1) is 0 Å². The number of methoxy groups -OCH3 is 2. The average Bonchev–Trinajstić information content (AvgIpc) is 2.68. The molecule has 0 N–H and O–H groups in total. The SMILES string of the molecule is CO[C@@H](COC[C@H](OC)c1ccc([N+](=O)[O-])cc1)c1ccc([N+](=O)[O-])cc1. The fraction of sp³-hybridized carbons (Fsp3) is 0.333. The maximum absolute atomic E-state index is 10.7. The topological polar surface area (TPSA) is 114 Å². The first-order valence-corrected chi connectivity index (χ1v) is 8.08. The lowest BCUT2D eigenvalue weighted by molar-refractivity contribution is -0.385. The molecule has 2 aromatic carbocycles. The van der Waals surface area contributed by atoms with E-state index in [-0.39, 0.29) is 36.8 Å². The second-order valence-corrected chi connectivity index (χ2v) is 5.68. The van der Waals surface area contributed by atoms with Gasteiger partial charge in [-0.05, 0) is 35.4 Å². The Balaban J connectivity index is 1.94. The van der Waals surface area contributed by atoms with E-state index in [4.69, 9.17) is 14.2 Å². The Kier molecular flexibility index (Phi) is 7.35. The number of ether oxygens (including phenoxy) is 3. The molecule has 0 spiro atoms. The van der Waals surface area contributed by atoms with Crippen molar-refractivity contribution >= 4 is 11.4 Å². The summed E-state index contributed by atoms with van der Waals surface area (Å²) in [4.78, 5) is 20.5. The largest absolute Gasteiger partial charge is 0.375 e. The van der Waals surface area contributed by atoms with Crippen molar-refractivity contribution in [1.82, 2.24) is 0 Å². The molecule has 0 bridgehead atoms. The van der Waals surface area contributed by atoms with Crippen molar-refractivity contribution in [1.29, 1.82) is 0 Å². The summed E-state index contributed by atoms with van der Waals surface area (Å²) in [6.45, 7) is 0.447. The third-order valence-corrected chi connectivity index (χ3v) is 4.06. The molecule has 9 nitrogen and oxygen atoms in total. The third-order valence-electron chi connectivity index (χ3n) is 4.06. The van der Waals surface area contributed by atoms with Gasteiger partial charge in [-0.3, -0.25) is 20.2 Å². The first-order chi connectivity index (χ1) is 13.0. The van der Waals surface area contributed by atoms with Gasteiger partial charge in [-0.25, -0.2) is 0 Å². The van der Waals surface area contributed by atoms with E-state index >= 15 is 0 Å². The first-order valence-electron chi connectivity index (χ1n) is 8.08. The molecule has 0 radical (unpaired) electrons. The van der Waals surface area contributed by atoms with Crippen LogP contribution in [0.15, 0.2) is 48.5 Å². The van der Waals surface area contributed by atoms with E-state index in [1.54, 1.807) is 24.3 Å². The van der Waals surface area contributed by atoms with Gasteiger partial charge >= 0.3 is 0 Å². The smallest absolute Gasteiger partial charge is 0.269 e. The van der Waals surface area contributed by atoms with Crippen LogP contribution in [0.3, 0.4) is 0 Å². The van der Waals surface area contributed by atoms with Crippen LogP contribution in [0.25, 0.3) is 0 Å². The second kappa shape index (κ2) is 9.72. The predicted octanol–water partition coefficient (Wildman–Crippen LogP) is 3.59. The zero-order valence-corrected chi connectivity index (χ0v) is 14.9. The van der Waals surface area contributed by atoms with Crippen molar-refractivity contribution in [3.05, 3.63) is 79.9 Å². The molecule has 0 saturated carbocycles. The van der Waals surface area contributed by atoms with Gasteiger partial charge in [0.1, 0.15) is 12.2 Å². The Hall–Kier alpha value is -2.88. The standard InChI is InChI=1S/C18H20N2O7/c1-25-17(13-3-7-15(8-4-13)19(21)22)11-27-12-18(26-2)14-5-9-16(10-6-14)20(23)24/h3-10,17-18H,11-12H2,1-2H3/t17-,18-/m0/s1. The summed E-state index contributed by atoms with van der Waals surface area (Å²) in [5, 5.41) is 21.4. The molecule has 0 heterocycles. The molecule has 0 aliphatic rings. The van der Waals surface area contributed by atoms with Crippen molar-refractivity contribution in [3.63, 3.8) is 0 Å². The normalized spacial score (nSPS) is 13.1. The van der Waals surface area contributed by atoms with Crippen LogP contribution in [0.2, 0.25) is 0 Å². The van der Waals surface area contributed by atoms with E-state index in [2.05, 4.69) is 0 Å². The van der Waals surface area contributed by atoms with Gasteiger partial charge in [0.15, 0.2) is 0 Å². The molecule has 2 atom stereocenters. The highest BCUT2D eigenvalue weighted by Gasteiger charge is 2.16. The molecule has 0 aliphatic carbocycles. The lowest BCUT2D eigenvalue weighted by Gasteiger charge is -2.19. The molecular weight excluding hydrogens is 356 g/mol. The summed E-state index contributed by atoms with van der Waals surface area (Å²) in [6.07, 6.45) is -0.777. The maximum atomic E-state index is 10.7.